The molecule has 0 aromatic heterocycles. The molecule has 7 nitrogen and oxygen atoms in total. The van der Waals surface area contributed by atoms with Gasteiger partial charge >= 0.3 is 112 Å². The van der Waals surface area contributed by atoms with Crippen LogP contribution in [0.2, 0.25) is 0 Å². The Morgan fingerprint density at radius 2 is 1.17 bits per heavy atom. The molecular weight excluding hydrogens is 559 g/mol. The molecule has 0 saturated heterocycles. The molecule has 0 saturated carbocycles. The first-order valence-electron chi connectivity index (χ1n) is 1.45. The number of hydrogen-bond donors (Lipinski definition) is 0. The van der Waals surface area contributed by atoms with E-state index in [1.807, 2.05) is 19.0 Å². The Kier molecular flexibility index (Phi) is 14.3. The third-order valence-corrected chi connectivity index (χ3v) is 2.83. The van der Waals surface area contributed by atoms with Crippen LogP contribution in [0.1, 0.15) is 0 Å². The number of hydrogen-bond acceptors (Lipinski definition) is 7. The van der Waals surface area contributed by atoms with Crippen molar-refractivity contribution in [1.82, 2.24) is 0 Å². The van der Waals surface area contributed by atoms with Crippen molar-refractivity contribution in [3.05, 3.63) is 0 Å². The van der Waals surface area contributed by atoms with Crippen molar-refractivity contribution < 1.29 is 93.2 Å². The molecule has 0 rings (SSSR count). The van der Waals surface area contributed by atoms with Gasteiger partial charge in [0.05, 0.1) is 0 Å². The van der Waals surface area contributed by atoms with Gasteiger partial charge in [-0.1, -0.05) is 0 Å². The van der Waals surface area contributed by atoms with E-state index < -0.39 is 27.2 Å². The first-order valence-corrected chi connectivity index (χ1v) is 10.0. The van der Waals surface area contributed by atoms with E-state index in [0.717, 1.165) is 0 Å². The van der Waals surface area contributed by atoms with Crippen LogP contribution in [-0.4, -0.2) is 0 Å². The van der Waals surface area contributed by atoms with Gasteiger partial charge in [0.15, 0.2) is 0 Å². The summed E-state index contributed by atoms with van der Waals surface area (Å²) in [7, 11) is 0. The second-order valence-electron chi connectivity index (χ2n) is 0.885. The van der Waals surface area contributed by atoms with Gasteiger partial charge < -0.3 is 0 Å². The second-order valence-corrected chi connectivity index (χ2v) is 4.52. The summed E-state index contributed by atoms with van der Waals surface area (Å²) in [6.07, 6.45) is 0. The molecule has 0 amide bonds. The van der Waals surface area contributed by atoms with E-state index in [-0.39, 0.29) is 22.4 Å². The molecule has 0 bridgehead atoms. The Labute approximate surface area is 110 Å². The molecule has 0 aromatic carbocycles. The fourth-order valence-corrected chi connectivity index (χ4v) is 1.74. The van der Waals surface area contributed by atoms with Gasteiger partial charge in [-0.3, -0.25) is 0 Å². The van der Waals surface area contributed by atoms with Gasteiger partial charge in [0, 0.05) is 0 Å². The van der Waals surface area contributed by atoms with E-state index in [4.69, 9.17) is 0 Å². The van der Waals surface area contributed by atoms with Crippen molar-refractivity contribution in [1.29, 1.82) is 0 Å². The number of rotatable bonds is 2. The summed E-state index contributed by atoms with van der Waals surface area (Å²) in [5, 5.41) is 0. The SMILES string of the molecule is [Ag+2].[Ag][I].[O]=[Cr](=[O])([O-])[O][Cr](=[O])(=[O])[O-]. The average molecular weight is 559 g/mol. The molecule has 83 valence electrons. The summed E-state index contributed by atoms with van der Waals surface area (Å²) in [5.41, 5.74) is 0. The van der Waals surface area contributed by atoms with Crippen molar-refractivity contribution >= 4 is 19.0 Å². The van der Waals surface area contributed by atoms with Gasteiger partial charge in [0.25, 0.3) is 0 Å². The molecular formula is Ag2Cr2IO7. The fraction of sp³-hybridized carbons (Fsp3) is 0. The number of halogens is 1. The molecule has 0 aromatic rings. The van der Waals surface area contributed by atoms with Crippen LogP contribution in [0.4, 0.5) is 0 Å². The third-order valence-electron chi connectivity index (χ3n) is 0.167. The molecule has 0 aliphatic carbocycles. The zero-order chi connectivity index (χ0) is 9.71. The summed E-state index contributed by atoms with van der Waals surface area (Å²) >= 11 is -7.26. The van der Waals surface area contributed by atoms with Crippen LogP contribution in [0.3, 0.4) is 0 Å². The molecule has 0 N–H and O–H groups in total. The van der Waals surface area contributed by atoms with Crippen molar-refractivity contribution in [2.24, 2.45) is 0 Å². The van der Waals surface area contributed by atoms with E-state index in [0.29, 0.717) is 0 Å². The van der Waals surface area contributed by atoms with Gasteiger partial charge in [-0.05, 0) is 0 Å². The van der Waals surface area contributed by atoms with E-state index >= 15 is 0 Å². The predicted molar refractivity (Wildman–Crippen MR) is 17.9 cm³/mol. The monoisotopic (exact) mass is 557 g/mol. The summed E-state index contributed by atoms with van der Waals surface area (Å²) in [5.74, 6) is 0. The normalized spacial score (nSPS) is 10.8. The molecule has 0 aliphatic rings. The maximum atomic E-state index is 9.38. The van der Waals surface area contributed by atoms with Gasteiger partial charge in [-0.25, -0.2) is 0 Å². The summed E-state index contributed by atoms with van der Waals surface area (Å²) < 4.78 is 58.9. The van der Waals surface area contributed by atoms with Crippen molar-refractivity contribution in [3.63, 3.8) is 0 Å². The van der Waals surface area contributed by atoms with Crippen LogP contribution in [0, 0.1) is 0 Å². The second kappa shape index (κ2) is 8.65. The Bertz CT molecular complexity index is 245. The van der Waals surface area contributed by atoms with Crippen LogP contribution in [-0.2, 0) is 84.9 Å². The quantitative estimate of drug-likeness (QED) is 0.283. The first kappa shape index (κ1) is 19.9. The molecule has 1 radical (unpaired) electrons. The summed E-state index contributed by atoms with van der Waals surface area (Å²) in [6.45, 7) is 0. The van der Waals surface area contributed by atoms with Crippen LogP contribution in [0.5, 0.6) is 0 Å². The third kappa shape index (κ3) is 22.8. The van der Waals surface area contributed by atoms with E-state index in [9.17, 15) is 23.5 Å². The standard InChI is InChI=1S/2Ag.2Cr.HI.7O/h;;;;1H;;;;;;;/q+1;+2;;;;;;;;;2*-1/p-1. The minimum absolute atomic E-state index is 0. The van der Waals surface area contributed by atoms with E-state index in [1.165, 1.54) is 0 Å². The Morgan fingerprint density at radius 1 is 1.00 bits per heavy atom. The van der Waals surface area contributed by atoms with Crippen molar-refractivity contribution in [2.45, 2.75) is 0 Å². The van der Waals surface area contributed by atoms with Gasteiger partial charge in [0.2, 0.25) is 0 Å². The van der Waals surface area contributed by atoms with Crippen LogP contribution in [0.15, 0.2) is 0 Å². The van der Waals surface area contributed by atoms with Gasteiger partial charge in [0.1, 0.15) is 0 Å². The zero-order valence-electron chi connectivity index (χ0n) is 4.66. The van der Waals surface area contributed by atoms with Crippen LogP contribution in [0.25, 0.3) is 0 Å². The summed E-state index contributed by atoms with van der Waals surface area (Å²) in [4.78, 5) is 0. The Hall–Kier alpha value is 2.36. The molecule has 0 heterocycles. The minimum atomic E-state index is -6.07. The van der Waals surface area contributed by atoms with Crippen LogP contribution >= 0.6 is 19.0 Å². The molecule has 0 atom stereocenters. The molecule has 12 heavy (non-hydrogen) atoms. The molecule has 0 aliphatic heterocycles. The molecule has 0 fully saturated rings. The topological polar surface area (TPSA) is 124 Å². The van der Waals surface area contributed by atoms with Crippen molar-refractivity contribution in [3.8, 4) is 0 Å². The zero-order valence-corrected chi connectivity index (χ0v) is 12.3. The maximum absolute atomic E-state index is 9.38. The van der Waals surface area contributed by atoms with Gasteiger partial charge in [-0.15, -0.1) is 0 Å². The van der Waals surface area contributed by atoms with Crippen LogP contribution < -0.4 is 8.32 Å². The average Bonchev–Trinajstić information content (AvgIpc) is 1.60. The summed E-state index contributed by atoms with van der Waals surface area (Å²) in [6, 6.07) is 0. The molecule has 0 unspecified atom stereocenters. The Balaban J connectivity index is -0.000000249. The predicted octanol–water partition coefficient (Wildman–Crippen LogP) is -2.05. The van der Waals surface area contributed by atoms with Crippen molar-refractivity contribution in [2.75, 3.05) is 0 Å². The molecule has 0 spiro atoms. The van der Waals surface area contributed by atoms with Gasteiger partial charge in [-0.2, -0.15) is 0 Å². The van der Waals surface area contributed by atoms with E-state index in [1.54, 1.807) is 0 Å². The molecule has 12 heteroatoms. The Morgan fingerprint density at radius 3 is 1.17 bits per heavy atom. The first-order chi connectivity index (χ1) is 4.71. The van der Waals surface area contributed by atoms with E-state index in [2.05, 4.69) is 20.1 Å². The fourth-order valence-electron chi connectivity index (χ4n) is 0.102.